The van der Waals surface area contributed by atoms with Gasteiger partial charge < -0.3 is 24.1 Å². The fourth-order valence-electron chi connectivity index (χ4n) is 12.8. The zero-order valence-corrected chi connectivity index (χ0v) is 35.8. The first-order valence-corrected chi connectivity index (χ1v) is 22.6. The summed E-state index contributed by atoms with van der Waals surface area (Å²) in [6, 6.07) is 15.2. The largest absolute Gasteiger partial charge is 0.461 e. The Kier molecular flexibility index (Phi) is 11.7. The Morgan fingerprint density at radius 2 is 1.78 bits per heavy atom. The van der Waals surface area contributed by atoms with Crippen LogP contribution in [-0.4, -0.2) is 57.2 Å². The average Bonchev–Trinajstić information content (AvgIpc) is 3.52. The Labute approximate surface area is 346 Å². The van der Waals surface area contributed by atoms with E-state index < -0.39 is 0 Å². The summed E-state index contributed by atoms with van der Waals surface area (Å²) in [5.41, 5.74) is 4.74. The number of hydrogen-bond acceptors (Lipinski definition) is 8. The van der Waals surface area contributed by atoms with Crippen LogP contribution in [0.15, 0.2) is 74.4 Å². The summed E-state index contributed by atoms with van der Waals surface area (Å²) in [6.07, 6.45) is 16.4. The third-order valence-electron chi connectivity index (χ3n) is 16.0. The number of rotatable bonds is 12. The van der Waals surface area contributed by atoms with Gasteiger partial charge in [0, 0.05) is 42.2 Å². The number of morpholine rings is 1. The summed E-state index contributed by atoms with van der Waals surface area (Å²) in [5.74, 6) is 3.96. The van der Waals surface area contributed by atoms with Gasteiger partial charge in [-0.05, 0) is 117 Å². The van der Waals surface area contributed by atoms with Crippen LogP contribution < -0.4 is 15.6 Å². The molecule has 0 radical (unpaired) electrons. The van der Waals surface area contributed by atoms with Crippen LogP contribution in [0.3, 0.4) is 0 Å². The number of carbonyl (C=O) groups excluding carboxylic acids is 1. The summed E-state index contributed by atoms with van der Waals surface area (Å²) in [6.45, 7) is 19.4. The highest BCUT2D eigenvalue weighted by Crippen LogP contribution is 2.69. The summed E-state index contributed by atoms with van der Waals surface area (Å²) in [7, 11) is 0. The van der Waals surface area contributed by atoms with Gasteiger partial charge in [-0.25, -0.2) is 0 Å². The molecular weight excluding hydrogens is 723 g/mol. The van der Waals surface area contributed by atoms with E-state index in [1.807, 2.05) is 42.5 Å². The molecule has 2 aromatic carbocycles. The van der Waals surface area contributed by atoms with Gasteiger partial charge in [-0.15, -0.1) is 0 Å². The van der Waals surface area contributed by atoms with Gasteiger partial charge in [-0.1, -0.05) is 89.8 Å². The molecule has 1 N–H and O–H groups in total. The van der Waals surface area contributed by atoms with E-state index in [9.17, 15) is 9.59 Å². The van der Waals surface area contributed by atoms with Crippen LogP contribution in [0.1, 0.15) is 112 Å². The molecule has 1 aliphatic heterocycles. The first kappa shape index (κ1) is 40.9. The molecule has 2 heterocycles. The molecule has 8 heteroatoms. The van der Waals surface area contributed by atoms with E-state index in [-0.39, 0.29) is 35.0 Å². The number of nitrogens with one attached hydrogen (secondary N) is 1. The zero-order valence-electron chi connectivity index (χ0n) is 35.8. The van der Waals surface area contributed by atoms with Crippen LogP contribution in [0.25, 0.3) is 22.1 Å². The number of fused-ring (bicyclic) bond motifs is 6. The highest BCUT2D eigenvalue weighted by atomic mass is 16.5. The Balaban J connectivity index is 0.891. The van der Waals surface area contributed by atoms with Crippen LogP contribution in [0, 0.1) is 40.4 Å². The molecule has 1 aromatic heterocycles. The lowest BCUT2D eigenvalue weighted by molar-refractivity contribution is -0.149. The third kappa shape index (κ3) is 7.45. The lowest BCUT2D eigenvalue weighted by atomic mass is 9.46. The summed E-state index contributed by atoms with van der Waals surface area (Å²) >= 11 is 0. The van der Waals surface area contributed by atoms with Crippen LogP contribution >= 0.6 is 0 Å². The SMILES string of the molecule is C=N[C@]12CC[C@]3(C)[C@@H]([C@H](C)CCCC(C)C)CC[C@H]3[C@H]1CCC=C1C[C@@H](OC(=O)CNc3ccc(-c4cccc5c(=O)cc(N6CCOCC6)oc45)cc3)CC[C@@]12C. The molecule has 312 valence electrons. The Hall–Kier alpha value is -3.91. The topological polar surface area (TPSA) is 93.4 Å². The smallest absolute Gasteiger partial charge is 0.325 e. The fourth-order valence-corrected chi connectivity index (χ4v) is 12.8. The number of nitrogens with zero attached hydrogens (tertiary/aromatic N) is 2. The van der Waals surface area contributed by atoms with E-state index in [0.29, 0.717) is 60.4 Å². The van der Waals surface area contributed by atoms with Crippen molar-refractivity contribution in [1.82, 2.24) is 0 Å². The number of anilines is 2. The van der Waals surface area contributed by atoms with Gasteiger partial charge in [0.25, 0.3) is 0 Å². The molecule has 0 bridgehead atoms. The zero-order chi connectivity index (χ0) is 40.7. The maximum Gasteiger partial charge on any atom is 0.325 e. The van der Waals surface area contributed by atoms with Crippen LogP contribution in [0.5, 0.6) is 0 Å². The predicted molar refractivity (Wildman–Crippen MR) is 236 cm³/mol. The minimum Gasteiger partial charge on any atom is -0.461 e. The molecule has 1 saturated heterocycles. The van der Waals surface area contributed by atoms with Gasteiger partial charge in [0.1, 0.15) is 18.2 Å². The van der Waals surface area contributed by atoms with Crippen LogP contribution in [0.4, 0.5) is 11.6 Å². The van der Waals surface area contributed by atoms with Crippen molar-refractivity contribution in [2.75, 3.05) is 43.1 Å². The molecule has 4 fully saturated rings. The average molecular weight is 790 g/mol. The van der Waals surface area contributed by atoms with E-state index in [1.54, 1.807) is 6.07 Å². The quantitative estimate of drug-likeness (QED) is 0.111. The van der Waals surface area contributed by atoms with Gasteiger partial charge in [0.2, 0.25) is 0 Å². The van der Waals surface area contributed by atoms with Crippen molar-refractivity contribution in [2.24, 2.45) is 45.4 Å². The molecule has 0 amide bonds. The van der Waals surface area contributed by atoms with E-state index in [4.69, 9.17) is 18.9 Å². The van der Waals surface area contributed by atoms with Crippen molar-refractivity contribution >= 4 is 35.2 Å². The number of carbonyl (C=O) groups is 1. The van der Waals surface area contributed by atoms with Gasteiger partial charge in [-0.2, -0.15) is 0 Å². The van der Waals surface area contributed by atoms with Crippen molar-refractivity contribution in [3.05, 3.63) is 70.4 Å². The fraction of sp³-hybridized carbons (Fsp3) is 0.620. The molecule has 8 nitrogen and oxygen atoms in total. The van der Waals surface area contributed by atoms with Gasteiger partial charge in [0.05, 0.1) is 24.1 Å². The minimum atomic E-state index is -0.235. The molecule has 0 unspecified atom stereocenters. The number of hydrogen-bond donors (Lipinski definition) is 1. The number of benzene rings is 2. The van der Waals surface area contributed by atoms with Crippen LogP contribution in [-0.2, 0) is 14.3 Å². The maximum atomic E-state index is 13.3. The normalized spacial score (nSPS) is 31.4. The van der Waals surface area contributed by atoms with Gasteiger partial charge in [-0.3, -0.25) is 14.6 Å². The van der Waals surface area contributed by atoms with E-state index in [0.717, 1.165) is 66.7 Å². The van der Waals surface area contributed by atoms with Crippen molar-refractivity contribution in [3.63, 3.8) is 0 Å². The molecule has 3 aromatic rings. The highest BCUT2D eigenvalue weighted by molar-refractivity contribution is 5.92. The van der Waals surface area contributed by atoms with Gasteiger partial charge >= 0.3 is 5.97 Å². The van der Waals surface area contributed by atoms with Crippen molar-refractivity contribution in [1.29, 1.82) is 0 Å². The molecule has 0 spiro atoms. The summed E-state index contributed by atoms with van der Waals surface area (Å²) in [5, 5.41) is 3.84. The summed E-state index contributed by atoms with van der Waals surface area (Å²) in [4.78, 5) is 33.7. The number of esters is 1. The van der Waals surface area contributed by atoms with E-state index in [2.05, 4.69) is 57.6 Å². The molecule has 3 saturated carbocycles. The number of allylic oxidation sites excluding steroid dienone is 1. The third-order valence-corrected chi connectivity index (χ3v) is 16.0. The number of ether oxygens (including phenoxy) is 2. The second kappa shape index (κ2) is 16.6. The summed E-state index contributed by atoms with van der Waals surface area (Å²) < 4.78 is 18.1. The molecule has 8 rings (SSSR count). The number of aliphatic imine (C=N–C) groups is 1. The lowest BCUT2D eigenvalue weighted by Crippen LogP contribution is -2.60. The highest BCUT2D eigenvalue weighted by Gasteiger charge is 2.65. The van der Waals surface area contributed by atoms with Crippen LogP contribution in [0.2, 0.25) is 0 Å². The molecule has 5 aliphatic rings. The lowest BCUT2D eigenvalue weighted by Gasteiger charge is -2.61. The monoisotopic (exact) mass is 790 g/mol. The van der Waals surface area contributed by atoms with Crippen molar-refractivity contribution < 1.29 is 18.7 Å². The van der Waals surface area contributed by atoms with E-state index >= 15 is 0 Å². The molecular formula is C50H67N3O5. The maximum absolute atomic E-state index is 13.3. The molecule has 4 aliphatic carbocycles. The predicted octanol–water partition coefficient (Wildman–Crippen LogP) is 10.9. The first-order chi connectivity index (χ1) is 28.0. The standard InChI is InChI=1S/C50H67N3O5/c1-33(2)10-7-11-34(3)41-20-21-42-43-15-8-12-36-30-38(22-23-49(36,5)50(43,51-6)25-24-48(41,42)4)57-46(55)32-52-37-18-16-35(17-19-37)39-13-9-14-40-44(54)31-45(58-47(39)40)53-26-28-56-29-27-53/h9,12-14,16-19,31,33-34,38,41-43,52H,6-8,10-11,15,20-30,32H2,1-5H3/t34-,38+,41-,42+,43-,48-,49+,50-/m1/s1. The minimum absolute atomic E-state index is 0.0577. The number of para-hydroxylation sites is 1. The van der Waals surface area contributed by atoms with E-state index in [1.165, 1.54) is 50.5 Å². The first-order valence-electron chi connectivity index (χ1n) is 22.6. The Bertz CT molecular complexity index is 2050. The van der Waals surface area contributed by atoms with Crippen molar-refractivity contribution in [3.8, 4) is 11.1 Å². The second-order valence-electron chi connectivity index (χ2n) is 19.4. The van der Waals surface area contributed by atoms with Crippen molar-refractivity contribution in [2.45, 2.75) is 123 Å². The molecule has 8 atom stereocenters. The Morgan fingerprint density at radius 3 is 2.53 bits per heavy atom. The van der Waals surface area contributed by atoms with Gasteiger partial charge in [0.15, 0.2) is 11.3 Å². The Morgan fingerprint density at radius 1 is 0.983 bits per heavy atom. The second-order valence-corrected chi connectivity index (χ2v) is 19.4. The molecule has 58 heavy (non-hydrogen) atoms.